The highest BCUT2D eigenvalue weighted by molar-refractivity contribution is 5.44. The van der Waals surface area contributed by atoms with Gasteiger partial charge in [0.2, 0.25) is 0 Å². The van der Waals surface area contributed by atoms with Crippen LogP contribution < -0.4 is 4.68 Å². The van der Waals surface area contributed by atoms with Crippen LogP contribution in [0.1, 0.15) is 0 Å². The van der Waals surface area contributed by atoms with Gasteiger partial charge >= 0.3 is 5.95 Å². The maximum absolute atomic E-state index is 8.40. The molecule has 0 saturated heterocycles. The Morgan fingerprint density at radius 3 is 2.36 bits per heavy atom. The highest BCUT2D eigenvalue weighted by Crippen LogP contribution is 2.09. The van der Waals surface area contributed by atoms with E-state index in [0.29, 0.717) is 0 Å². The second-order valence-corrected chi connectivity index (χ2v) is 4.15. The summed E-state index contributed by atoms with van der Waals surface area (Å²) in [7, 11) is 0. The Kier molecular flexibility index (Phi) is 3.85. The molecule has 3 aromatic rings. The topological polar surface area (TPSA) is 94.0 Å². The average Bonchev–Trinajstić information content (AvgIpc) is 3.01. The predicted molar refractivity (Wildman–Crippen MR) is 78.2 cm³/mol. The summed E-state index contributed by atoms with van der Waals surface area (Å²) in [5.74, 6) is 0.217. The molecule has 0 amide bonds. The van der Waals surface area contributed by atoms with Gasteiger partial charge < -0.3 is 5.41 Å². The van der Waals surface area contributed by atoms with E-state index in [4.69, 9.17) is 5.41 Å². The van der Waals surface area contributed by atoms with Gasteiger partial charge in [-0.1, -0.05) is 46.3 Å². The summed E-state index contributed by atoms with van der Waals surface area (Å²) < 4.78 is 1.52. The lowest BCUT2D eigenvalue weighted by Gasteiger charge is -1.93. The van der Waals surface area contributed by atoms with Crippen molar-refractivity contribution >= 4 is 12.0 Å². The summed E-state index contributed by atoms with van der Waals surface area (Å²) in [6.07, 6.45) is 0. The van der Waals surface area contributed by atoms with Crippen LogP contribution in [0.25, 0.3) is 16.8 Å². The van der Waals surface area contributed by atoms with Crippen LogP contribution in [0.5, 0.6) is 0 Å². The third kappa shape index (κ3) is 2.82. The minimum absolute atomic E-state index is 0.217. The minimum Gasteiger partial charge on any atom is -0.421 e. The van der Waals surface area contributed by atoms with E-state index in [1.165, 1.54) is 15.5 Å². The standard InChI is InChI=1S/C14H10N8/c15-11-16-19-17-14-18-22(13-9-5-2-6-10-13)20-21(14)12-7-3-1-4-8-12/h1-10H/b19-17+. The lowest BCUT2D eigenvalue weighted by atomic mass is 10.3. The van der Waals surface area contributed by atoms with E-state index in [-0.39, 0.29) is 5.95 Å². The number of tetrazole rings is 1. The average molecular weight is 290 g/mol. The first kappa shape index (κ1) is 13.5. The molecule has 0 spiro atoms. The van der Waals surface area contributed by atoms with Gasteiger partial charge in [0.05, 0.1) is 5.10 Å². The summed E-state index contributed by atoms with van der Waals surface area (Å²) in [6, 6.07) is 20.3. The number of nitrogens with zero attached hydrogens (tertiary/aromatic N) is 8. The van der Waals surface area contributed by atoms with Crippen molar-refractivity contribution in [3.63, 3.8) is 0 Å². The second kappa shape index (κ2) is 6.29. The number of hydrogen-bond acceptors (Lipinski definition) is 4. The van der Waals surface area contributed by atoms with Gasteiger partial charge in [-0.2, -0.15) is 0 Å². The van der Waals surface area contributed by atoms with Crippen LogP contribution in [-0.4, -0.2) is 21.1 Å². The minimum atomic E-state index is 0.217. The van der Waals surface area contributed by atoms with E-state index < -0.39 is 0 Å². The van der Waals surface area contributed by atoms with Gasteiger partial charge in [-0.25, -0.2) is 0 Å². The first-order valence-electron chi connectivity index (χ1n) is 6.39. The molecule has 1 aromatic heterocycles. The largest absolute Gasteiger partial charge is 0.461 e. The molecule has 0 bridgehead atoms. The van der Waals surface area contributed by atoms with Crippen LogP contribution in [0.15, 0.2) is 76.1 Å². The molecule has 2 aromatic carbocycles. The molecule has 0 N–H and O–H groups in total. The Hall–Kier alpha value is -3.51. The molecule has 0 atom stereocenters. The molecule has 0 saturated carbocycles. The van der Waals surface area contributed by atoms with Gasteiger partial charge in [0.1, 0.15) is 11.4 Å². The van der Waals surface area contributed by atoms with E-state index in [2.05, 4.69) is 25.8 Å². The third-order valence-corrected chi connectivity index (χ3v) is 2.76. The number of rotatable bonds is 4. The number of hydrogen-bond donors (Lipinski definition) is 0. The zero-order valence-corrected chi connectivity index (χ0v) is 11.4. The van der Waals surface area contributed by atoms with Crippen molar-refractivity contribution in [2.24, 2.45) is 15.4 Å². The molecule has 8 nitrogen and oxygen atoms in total. The van der Waals surface area contributed by atoms with E-state index in [9.17, 15) is 0 Å². The number of aromatic nitrogens is 4. The lowest BCUT2D eigenvalue weighted by molar-refractivity contribution is -0.649. The monoisotopic (exact) mass is 290 g/mol. The molecule has 0 unspecified atom stereocenters. The quantitative estimate of drug-likeness (QED) is 0.319. The Labute approximate surface area is 125 Å². The molecule has 0 aliphatic carbocycles. The van der Waals surface area contributed by atoms with Crippen LogP contribution in [0, 0.1) is 0 Å². The third-order valence-electron chi connectivity index (χ3n) is 2.76. The highest BCUT2D eigenvalue weighted by Gasteiger charge is 2.21. The first-order chi connectivity index (χ1) is 10.9. The van der Waals surface area contributed by atoms with Crippen LogP contribution in [0.3, 0.4) is 0 Å². The van der Waals surface area contributed by atoms with Crippen molar-refractivity contribution in [3.05, 3.63) is 66.1 Å². The molecule has 3 rings (SSSR count). The Bertz CT molecular complexity index is 832. The normalized spacial score (nSPS) is 10.5. The maximum Gasteiger partial charge on any atom is 0.461 e. The fraction of sp³-hybridized carbons (Fsp3) is 0. The SMILES string of the molecule is [N-]=C=N/N=N/c1nn(-c2ccccc2)n[n+]1-c1ccccc1. The zero-order chi connectivity index (χ0) is 15.2. The molecule has 0 aliphatic rings. The lowest BCUT2D eigenvalue weighted by Crippen LogP contribution is -2.33. The van der Waals surface area contributed by atoms with Crippen LogP contribution >= 0.6 is 0 Å². The summed E-state index contributed by atoms with van der Waals surface area (Å²) in [6.45, 7) is 0. The Morgan fingerprint density at radius 2 is 1.68 bits per heavy atom. The highest BCUT2D eigenvalue weighted by atomic mass is 15.7. The maximum atomic E-state index is 8.40. The number of benzene rings is 2. The Balaban J connectivity index is 2.10. The van der Waals surface area contributed by atoms with Gasteiger partial charge in [-0.05, 0) is 29.1 Å². The second-order valence-electron chi connectivity index (χ2n) is 4.15. The van der Waals surface area contributed by atoms with E-state index in [0.717, 1.165) is 11.4 Å². The van der Waals surface area contributed by atoms with Crippen molar-refractivity contribution in [3.8, 4) is 11.4 Å². The summed E-state index contributed by atoms with van der Waals surface area (Å²) in [5, 5.41) is 27.4. The van der Waals surface area contributed by atoms with Crippen molar-refractivity contribution < 1.29 is 4.68 Å². The first-order valence-corrected chi connectivity index (χ1v) is 6.39. The van der Waals surface area contributed by atoms with E-state index >= 15 is 0 Å². The molecule has 0 fully saturated rings. The summed E-state index contributed by atoms with van der Waals surface area (Å²) >= 11 is 0. The molecular weight excluding hydrogens is 280 g/mol. The van der Waals surface area contributed by atoms with Gasteiger partial charge in [-0.15, -0.1) is 6.01 Å². The smallest absolute Gasteiger partial charge is 0.421 e. The molecule has 22 heavy (non-hydrogen) atoms. The van der Waals surface area contributed by atoms with Crippen molar-refractivity contribution in [2.45, 2.75) is 0 Å². The van der Waals surface area contributed by atoms with Crippen molar-refractivity contribution in [2.75, 3.05) is 0 Å². The van der Waals surface area contributed by atoms with Gasteiger partial charge in [0.15, 0.2) is 0 Å². The predicted octanol–water partition coefficient (Wildman–Crippen LogP) is 2.29. The molecule has 8 heteroatoms. The van der Waals surface area contributed by atoms with Crippen molar-refractivity contribution in [1.82, 2.24) is 15.1 Å². The van der Waals surface area contributed by atoms with Crippen LogP contribution in [0.4, 0.5) is 5.95 Å². The molecule has 0 aliphatic heterocycles. The molecule has 0 radical (unpaired) electrons. The zero-order valence-electron chi connectivity index (χ0n) is 11.4. The molecule has 106 valence electrons. The van der Waals surface area contributed by atoms with Gasteiger partial charge in [0, 0.05) is 10.3 Å². The fourth-order valence-corrected chi connectivity index (χ4v) is 1.82. The fourth-order valence-electron chi connectivity index (χ4n) is 1.82. The summed E-state index contributed by atoms with van der Waals surface area (Å²) in [5.41, 5.74) is 1.56. The van der Waals surface area contributed by atoms with Crippen LogP contribution in [0.2, 0.25) is 0 Å². The number of para-hydroxylation sites is 2. The van der Waals surface area contributed by atoms with Crippen molar-refractivity contribution in [1.29, 1.82) is 0 Å². The van der Waals surface area contributed by atoms with E-state index in [1.807, 2.05) is 60.7 Å². The van der Waals surface area contributed by atoms with Gasteiger partial charge in [0.25, 0.3) is 0 Å². The molecular formula is C14H10N8. The summed E-state index contributed by atoms with van der Waals surface area (Å²) in [4.78, 5) is 1.44. The van der Waals surface area contributed by atoms with E-state index in [1.54, 1.807) is 0 Å². The van der Waals surface area contributed by atoms with Gasteiger partial charge in [-0.3, -0.25) is 5.10 Å². The van der Waals surface area contributed by atoms with Crippen LogP contribution in [-0.2, 0) is 0 Å². The molecule has 1 heterocycles. The Morgan fingerprint density at radius 1 is 1.00 bits per heavy atom.